The van der Waals surface area contributed by atoms with E-state index in [1.54, 1.807) is 4.68 Å². The number of unbranched alkanes of at least 4 members (excludes halogenated alkanes) is 1. The smallest absolute Gasteiger partial charge is 0.175 e. The van der Waals surface area contributed by atoms with E-state index in [0.29, 0.717) is 6.04 Å². The average Bonchev–Trinajstić information content (AvgIpc) is 2.86. The number of aromatic nitrogens is 4. The fourth-order valence-corrected chi connectivity index (χ4v) is 1.96. The molecule has 1 N–H and O–H groups in total. The fraction of sp³-hybridized carbons (Fsp3) is 0.400. The molecule has 0 aliphatic rings. The van der Waals surface area contributed by atoms with Gasteiger partial charge in [0.15, 0.2) is 5.82 Å². The van der Waals surface area contributed by atoms with E-state index in [1.165, 1.54) is 0 Å². The fourth-order valence-electron chi connectivity index (χ4n) is 1.96. The van der Waals surface area contributed by atoms with Gasteiger partial charge in [-0.3, -0.25) is 0 Å². The third-order valence-corrected chi connectivity index (χ3v) is 3.05. The van der Waals surface area contributed by atoms with Crippen molar-refractivity contribution in [3.8, 4) is 5.82 Å². The van der Waals surface area contributed by atoms with Crippen LogP contribution in [0.1, 0.15) is 31.9 Å². The van der Waals surface area contributed by atoms with Gasteiger partial charge in [-0.1, -0.05) is 6.08 Å². The molecule has 1 atom stereocenters. The van der Waals surface area contributed by atoms with E-state index in [-0.39, 0.29) is 0 Å². The van der Waals surface area contributed by atoms with Crippen LogP contribution in [0.5, 0.6) is 0 Å². The Morgan fingerprint density at radius 3 is 2.80 bits per heavy atom. The average molecular weight is 271 g/mol. The minimum atomic E-state index is 0.377. The van der Waals surface area contributed by atoms with Gasteiger partial charge in [0, 0.05) is 12.2 Å². The lowest BCUT2D eigenvalue weighted by Gasteiger charge is -2.13. The second-order valence-corrected chi connectivity index (χ2v) is 4.94. The van der Waals surface area contributed by atoms with Crippen LogP contribution in [0.2, 0.25) is 0 Å². The van der Waals surface area contributed by atoms with E-state index in [4.69, 9.17) is 0 Å². The normalized spacial score (nSPS) is 12.1. The van der Waals surface area contributed by atoms with Gasteiger partial charge in [0.1, 0.15) is 5.82 Å². The summed E-state index contributed by atoms with van der Waals surface area (Å²) in [6.07, 6.45) is 7.11. The number of allylic oxidation sites excluding steroid dienone is 1. The van der Waals surface area contributed by atoms with Crippen LogP contribution in [0.25, 0.3) is 5.82 Å². The minimum Gasteiger partial charge on any atom is -0.366 e. The van der Waals surface area contributed by atoms with Crippen LogP contribution in [0, 0.1) is 6.92 Å². The van der Waals surface area contributed by atoms with Crippen molar-refractivity contribution in [3.05, 3.63) is 42.7 Å². The maximum atomic E-state index is 4.31. The van der Waals surface area contributed by atoms with E-state index in [9.17, 15) is 0 Å². The van der Waals surface area contributed by atoms with E-state index in [2.05, 4.69) is 34.1 Å². The number of aryl methyl sites for hydroxylation is 1. The van der Waals surface area contributed by atoms with E-state index >= 15 is 0 Å². The first-order valence-electron chi connectivity index (χ1n) is 6.93. The molecule has 2 heterocycles. The predicted molar refractivity (Wildman–Crippen MR) is 81.0 cm³/mol. The molecule has 1 unspecified atom stereocenters. The Morgan fingerprint density at radius 2 is 2.20 bits per heavy atom. The van der Waals surface area contributed by atoms with Gasteiger partial charge in [-0.25, -0.2) is 4.68 Å². The quantitative estimate of drug-likeness (QED) is 0.621. The summed E-state index contributed by atoms with van der Waals surface area (Å²) in [6, 6.07) is 6.17. The topological polar surface area (TPSA) is 55.6 Å². The third-order valence-electron chi connectivity index (χ3n) is 3.05. The molecule has 2 rings (SSSR count). The van der Waals surface area contributed by atoms with Crippen molar-refractivity contribution < 1.29 is 0 Å². The number of anilines is 1. The predicted octanol–water partition coefficient (Wildman–Crippen LogP) is 3.13. The Hall–Kier alpha value is -2.17. The summed E-state index contributed by atoms with van der Waals surface area (Å²) in [4.78, 5) is 0. The molecule has 0 aliphatic carbocycles. The lowest BCUT2D eigenvalue weighted by Crippen LogP contribution is -2.16. The van der Waals surface area contributed by atoms with Crippen molar-refractivity contribution in [2.45, 2.75) is 39.2 Å². The largest absolute Gasteiger partial charge is 0.366 e. The number of nitrogens with zero attached hydrogens (tertiary/aromatic N) is 4. The van der Waals surface area contributed by atoms with Crippen LogP contribution in [0.3, 0.4) is 0 Å². The van der Waals surface area contributed by atoms with Crippen LogP contribution < -0.4 is 5.32 Å². The first kappa shape index (κ1) is 14.2. The van der Waals surface area contributed by atoms with Crippen molar-refractivity contribution in [1.29, 1.82) is 0 Å². The van der Waals surface area contributed by atoms with Crippen LogP contribution in [-0.4, -0.2) is 26.0 Å². The molecule has 0 saturated carbocycles. The van der Waals surface area contributed by atoms with Crippen molar-refractivity contribution in [2.75, 3.05) is 5.32 Å². The van der Waals surface area contributed by atoms with E-state index < -0.39 is 0 Å². The number of nitrogens with one attached hydrogen (secondary N) is 1. The molecule has 0 aliphatic heterocycles. The lowest BCUT2D eigenvalue weighted by atomic mass is 10.1. The SMILES string of the molecule is C=CCCCC(C)Nc1ccc(-n2ccc(C)n2)nn1. The van der Waals surface area contributed by atoms with Gasteiger partial charge in [-0.2, -0.15) is 5.10 Å². The number of hydrogen-bond donors (Lipinski definition) is 1. The summed E-state index contributed by atoms with van der Waals surface area (Å²) < 4.78 is 1.72. The third kappa shape index (κ3) is 3.91. The highest BCUT2D eigenvalue weighted by molar-refractivity contribution is 5.36. The zero-order valence-corrected chi connectivity index (χ0v) is 12.1. The zero-order valence-electron chi connectivity index (χ0n) is 12.1. The Morgan fingerprint density at radius 1 is 1.35 bits per heavy atom. The van der Waals surface area contributed by atoms with Gasteiger partial charge in [-0.15, -0.1) is 16.8 Å². The first-order chi connectivity index (χ1) is 9.69. The molecule has 2 aromatic rings. The van der Waals surface area contributed by atoms with Gasteiger partial charge in [0.25, 0.3) is 0 Å². The van der Waals surface area contributed by atoms with Crippen LogP contribution in [0.15, 0.2) is 37.1 Å². The Kier molecular flexibility index (Phi) is 4.87. The van der Waals surface area contributed by atoms with Crippen LogP contribution in [0.4, 0.5) is 5.82 Å². The molecule has 106 valence electrons. The maximum Gasteiger partial charge on any atom is 0.175 e. The Labute approximate surface area is 119 Å². The molecule has 5 heteroatoms. The molecular weight excluding hydrogens is 250 g/mol. The highest BCUT2D eigenvalue weighted by atomic mass is 15.3. The summed E-state index contributed by atoms with van der Waals surface area (Å²) in [7, 11) is 0. The molecule has 0 radical (unpaired) electrons. The Bertz CT molecular complexity index is 544. The molecular formula is C15H21N5. The van der Waals surface area contributed by atoms with Gasteiger partial charge < -0.3 is 5.32 Å². The van der Waals surface area contributed by atoms with E-state index in [1.807, 2.05) is 37.4 Å². The van der Waals surface area contributed by atoms with Crippen LogP contribution in [-0.2, 0) is 0 Å². The van der Waals surface area contributed by atoms with Gasteiger partial charge in [0.2, 0.25) is 0 Å². The molecule has 0 fully saturated rings. The molecule has 0 aromatic carbocycles. The highest BCUT2D eigenvalue weighted by Gasteiger charge is 2.04. The summed E-state index contributed by atoms with van der Waals surface area (Å²) in [6.45, 7) is 7.83. The number of rotatable bonds is 7. The summed E-state index contributed by atoms with van der Waals surface area (Å²) in [5.74, 6) is 1.52. The standard InChI is InChI=1S/C15H21N5/c1-4-5-6-7-12(2)16-14-8-9-15(18-17-14)20-11-10-13(3)19-20/h4,8-12H,1,5-7H2,2-3H3,(H,16,17). The van der Waals surface area contributed by atoms with Crippen molar-refractivity contribution >= 4 is 5.82 Å². The minimum absolute atomic E-state index is 0.377. The summed E-state index contributed by atoms with van der Waals surface area (Å²) >= 11 is 0. The monoisotopic (exact) mass is 271 g/mol. The number of hydrogen-bond acceptors (Lipinski definition) is 4. The van der Waals surface area contributed by atoms with Crippen molar-refractivity contribution in [2.24, 2.45) is 0 Å². The van der Waals surface area contributed by atoms with E-state index in [0.717, 1.165) is 36.6 Å². The molecule has 5 nitrogen and oxygen atoms in total. The highest BCUT2D eigenvalue weighted by Crippen LogP contribution is 2.10. The molecule has 20 heavy (non-hydrogen) atoms. The maximum absolute atomic E-state index is 4.31. The molecule has 0 spiro atoms. The molecule has 0 saturated heterocycles. The first-order valence-corrected chi connectivity index (χ1v) is 6.93. The van der Waals surface area contributed by atoms with Gasteiger partial charge in [-0.05, 0) is 51.3 Å². The summed E-state index contributed by atoms with van der Waals surface area (Å²) in [5, 5.41) is 16.0. The molecule has 2 aromatic heterocycles. The molecule has 0 bridgehead atoms. The second kappa shape index (κ2) is 6.84. The second-order valence-electron chi connectivity index (χ2n) is 4.94. The molecule has 0 amide bonds. The van der Waals surface area contributed by atoms with Crippen molar-refractivity contribution in [3.63, 3.8) is 0 Å². The lowest BCUT2D eigenvalue weighted by molar-refractivity contribution is 0.659. The van der Waals surface area contributed by atoms with Gasteiger partial charge in [0.05, 0.1) is 5.69 Å². The Balaban J connectivity index is 1.93. The van der Waals surface area contributed by atoms with Gasteiger partial charge >= 0.3 is 0 Å². The zero-order chi connectivity index (χ0) is 14.4. The van der Waals surface area contributed by atoms with Crippen molar-refractivity contribution in [1.82, 2.24) is 20.0 Å². The summed E-state index contributed by atoms with van der Waals surface area (Å²) in [5.41, 5.74) is 0.963. The van der Waals surface area contributed by atoms with Crippen LogP contribution >= 0.6 is 0 Å².